The Morgan fingerprint density at radius 1 is 1.17 bits per heavy atom. The second-order valence-electron chi connectivity index (χ2n) is 6.03. The third kappa shape index (κ3) is 5.56. The van der Waals surface area contributed by atoms with E-state index in [4.69, 9.17) is 9.84 Å². The van der Waals surface area contributed by atoms with Crippen LogP contribution in [0.5, 0.6) is 0 Å². The molecular formula is C17H24N2O4. The Labute approximate surface area is 136 Å². The lowest BCUT2D eigenvalue weighted by atomic mass is 10.1. The van der Waals surface area contributed by atoms with E-state index in [1.165, 1.54) is 0 Å². The fourth-order valence-corrected chi connectivity index (χ4v) is 2.71. The van der Waals surface area contributed by atoms with Crippen LogP contribution in [0.2, 0.25) is 0 Å². The van der Waals surface area contributed by atoms with Crippen molar-refractivity contribution < 1.29 is 19.4 Å². The fourth-order valence-electron chi connectivity index (χ4n) is 2.71. The zero-order chi connectivity index (χ0) is 16.8. The highest BCUT2D eigenvalue weighted by Crippen LogP contribution is 2.11. The van der Waals surface area contributed by atoms with Gasteiger partial charge in [0.25, 0.3) is 0 Å². The Hall–Kier alpha value is -2.08. The molecule has 6 nitrogen and oxygen atoms in total. The number of carboxylic acids is 1. The molecule has 6 heteroatoms. The second kappa shape index (κ2) is 7.97. The Morgan fingerprint density at radius 2 is 1.74 bits per heavy atom. The van der Waals surface area contributed by atoms with Crippen molar-refractivity contribution in [2.24, 2.45) is 0 Å². The fraction of sp³-hybridized carbons (Fsp3) is 0.529. The number of nitrogens with one attached hydrogen (secondary N) is 1. The van der Waals surface area contributed by atoms with Crippen LogP contribution in [-0.2, 0) is 22.5 Å². The van der Waals surface area contributed by atoms with Crippen molar-refractivity contribution in [3.05, 3.63) is 35.4 Å². The van der Waals surface area contributed by atoms with Gasteiger partial charge in [-0.3, -0.25) is 4.79 Å². The highest BCUT2D eigenvalue weighted by molar-refractivity contribution is 5.74. The monoisotopic (exact) mass is 320 g/mol. The first kappa shape index (κ1) is 17.3. The molecule has 1 aromatic rings. The molecule has 126 valence electrons. The molecule has 1 heterocycles. The van der Waals surface area contributed by atoms with E-state index in [0.29, 0.717) is 26.1 Å². The molecule has 0 spiro atoms. The average molecular weight is 320 g/mol. The van der Waals surface area contributed by atoms with Crippen molar-refractivity contribution in [3.63, 3.8) is 0 Å². The number of urea groups is 1. The summed E-state index contributed by atoms with van der Waals surface area (Å²) in [6.07, 6.45) is 0.755. The van der Waals surface area contributed by atoms with Gasteiger partial charge in [0.1, 0.15) is 0 Å². The number of hydrogen-bond acceptors (Lipinski definition) is 3. The van der Waals surface area contributed by atoms with E-state index in [-0.39, 0.29) is 24.7 Å². The molecule has 1 aliphatic rings. The van der Waals surface area contributed by atoms with Gasteiger partial charge >= 0.3 is 12.0 Å². The number of aryl methyl sites for hydroxylation is 1. The normalized spacial score (nSPS) is 21.0. The minimum Gasteiger partial charge on any atom is -0.481 e. The van der Waals surface area contributed by atoms with Gasteiger partial charge in [-0.25, -0.2) is 4.79 Å². The highest BCUT2D eigenvalue weighted by atomic mass is 16.5. The number of morpholine rings is 1. The summed E-state index contributed by atoms with van der Waals surface area (Å²) in [6.45, 7) is 5.59. The van der Waals surface area contributed by atoms with Crippen LogP contribution in [0.3, 0.4) is 0 Å². The zero-order valence-corrected chi connectivity index (χ0v) is 13.6. The predicted octanol–water partition coefficient (Wildman–Crippen LogP) is 2.02. The molecular weight excluding hydrogens is 296 g/mol. The van der Waals surface area contributed by atoms with E-state index >= 15 is 0 Å². The lowest BCUT2D eigenvalue weighted by molar-refractivity contribution is -0.136. The van der Waals surface area contributed by atoms with Crippen LogP contribution in [0.15, 0.2) is 24.3 Å². The van der Waals surface area contributed by atoms with Gasteiger partial charge in [0.15, 0.2) is 0 Å². The first-order chi connectivity index (χ1) is 10.9. The Bertz CT molecular complexity index is 534. The summed E-state index contributed by atoms with van der Waals surface area (Å²) >= 11 is 0. The van der Waals surface area contributed by atoms with Gasteiger partial charge < -0.3 is 20.1 Å². The summed E-state index contributed by atoms with van der Waals surface area (Å²) in [7, 11) is 0. The molecule has 1 fully saturated rings. The first-order valence-corrected chi connectivity index (χ1v) is 7.92. The van der Waals surface area contributed by atoms with Gasteiger partial charge in [-0.2, -0.15) is 0 Å². The standard InChI is InChI=1S/C17H24N2O4/c1-12-10-19(11-13(2)23-12)17(22)18-9-15-5-3-14(4-6-15)7-8-16(20)21/h3-6,12-13H,7-11H2,1-2H3,(H,18,22)(H,20,21)/t12-,13+. The predicted molar refractivity (Wildman–Crippen MR) is 86.2 cm³/mol. The van der Waals surface area contributed by atoms with E-state index in [1.54, 1.807) is 4.90 Å². The molecule has 0 saturated carbocycles. The van der Waals surface area contributed by atoms with Gasteiger partial charge in [0, 0.05) is 26.1 Å². The molecule has 0 aromatic heterocycles. The van der Waals surface area contributed by atoms with Gasteiger partial charge in [-0.05, 0) is 31.4 Å². The van der Waals surface area contributed by atoms with Crippen LogP contribution < -0.4 is 5.32 Å². The second-order valence-corrected chi connectivity index (χ2v) is 6.03. The molecule has 2 N–H and O–H groups in total. The van der Waals surface area contributed by atoms with Crippen molar-refractivity contribution in [1.29, 1.82) is 0 Å². The van der Waals surface area contributed by atoms with E-state index in [2.05, 4.69) is 5.32 Å². The summed E-state index contributed by atoms with van der Waals surface area (Å²) in [4.78, 5) is 24.5. The molecule has 1 saturated heterocycles. The maximum Gasteiger partial charge on any atom is 0.317 e. The van der Waals surface area contributed by atoms with Gasteiger partial charge in [-0.15, -0.1) is 0 Å². The quantitative estimate of drug-likeness (QED) is 0.870. The lowest BCUT2D eigenvalue weighted by Crippen LogP contribution is -2.51. The SMILES string of the molecule is C[C@@H]1CN(C(=O)NCc2ccc(CCC(=O)O)cc2)C[C@H](C)O1. The van der Waals surface area contributed by atoms with Crippen LogP contribution in [0.4, 0.5) is 4.79 Å². The molecule has 0 unspecified atom stereocenters. The molecule has 23 heavy (non-hydrogen) atoms. The maximum absolute atomic E-state index is 12.2. The van der Waals surface area contributed by atoms with Crippen LogP contribution in [-0.4, -0.2) is 47.3 Å². The molecule has 2 atom stereocenters. The molecule has 2 amide bonds. The third-order valence-corrected chi connectivity index (χ3v) is 3.80. The van der Waals surface area contributed by atoms with E-state index < -0.39 is 5.97 Å². The average Bonchev–Trinajstić information content (AvgIpc) is 2.50. The molecule has 0 bridgehead atoms. The zero-order valence-electron chi connectivity index (χ0n) is 13.6. The smallest absolute Gasteiger partial charge is 0.317 e. The highest BCUT2D eigenvalue weighted by Gasteiger charge is 2.25. The number of ether oxygens (including phenoxy) is 1. The van der Waals surface area contributed by atoms with Gasteiger partial charge in [-0.1, -0.05) is 24.3 Å². The van der Waals surface area contributed by atoms with Crippen molar-refractivity contribution in [3.8, 4) is 0 Å². The summed E-state index contributed by atoms with van der Waals surface area (Å²) in [5.74, 6) is -0.796. The lowest BCUT2D eigenvalue weighted by Gasteiger charge is -2.35. The Kier molecular flexibility index (Phi) is 5.98. The Balaban J connectivity index is 1.81. The van der Waals surface area contributed by atoms with Crippen LogP contribution >= 0.6 is 0 Å². The summed E-state index contributed by atoms with van der Waals surface area (Å²) in [6, 6.07) is 7.57. The van der Waals surface area contributed by atoms with E-state index in [9.17, 15) is 9.59 Å². The van der Waals surface area contributed by atoms with Gasteiger partial charge in [0.05, 0.1) is 12.2 Å². The Morgan fingerprint density at radius 3 is 2.30 bits per heavy atom. The molecule has 1 aliphatic heterocycles. The molecule has 1 aromatic carbocycles. The third-order valence-electron chi connectivity index (χ3n) is 3.80. The van der Waals surface area contributed by atoms with Crippen LogP contribution in [0.25, 0.3) is 0 Å². The van der Waals surface area contributed by atoms with Crippen molar-refractivity contribution in [2.45, 2.75) is 45.4 Å². The number of amides is 2. The summed E-state index contributed by atoms with van der Waals surface area (Å²) < 4.78 is 5.62. The minimum absolute atomic E-state index is 0.0537. The number of rotatable bonds is 5. The molecule has 2 rings (SSSR count). The number of nitrogens with zero attached hydrogens (tertiary/aromatic N) is 1. The number of carboxylic acid groups (broad SMARTS) is 1. The number of carbonyl (C=O) groups excluding carboxylic acids is 1. The largest absolute Gasteiger partial charge is 0.481 e. The topological polar surface area (TPSA) is 78.9 Å². The summed E-state index contributed by atoms with van der Waals surface area (Å²) in [5.41, 5.74) is 1.98. The molecule has 0 radical (unpaired) electrons. The van der Waals surface area contributed by atoms with Crippen molar-refractivity contribution in [2.75, 3.05) is 13.1 Å². The van der Waals surface area contributed by atoms with Crippen molar-refractivity contribution in [1.82, 2.24) is 10.2 Å². The summed E-state index contributed by atoms with van der Waals surface area (Å²) in [5, 5.41) is 11.6. The van der Waals surface area contributed by atoms with Gasteiger partial charge in [0.2, 0.25) is 0 Å². The van der Waals surface area contributed by atoms with Crippen molar-refractivity contribution >= 4 is 12.0 Å². The van der Waals surface area contributed by atoms with E-state index in [0.717, 1.165) is 11.1 Å². The van der Waals surface area contributed by atoms with Crippen LogP contribution in [0.1, 0.15) is 31.4 Å². The number of hydrogen-bond donors (Lipinski definition) is 2. The van der Waals surface area contributed by atoms with E-state index in [1.807, 2.05) is 38.1 Å². The molecule has 0 aliphatic carbocycles. The first-order valence-electron chi connectivity index (χ1n) is 7.92. The minimum atomic E-state index is -0.796. The number of aliphatic carboxylic acids is 1. The number of carbonyl (C=O) groups is 2. The number of benzene rings is 1. The maximum atomic E-state index is 12.2. The van der Waals surface area contributed by atoms with Crippen LogP contribution in [0, 0.1) is 0 Å².